The maximum atomic E-state index is 12.6. The zero-order valence-electron chi connectivity index (χ0n) is 13.8. The van der Waals surface area contributed by atoms with Crippen molar-refractivity contribution >= 4 is 5.78 Å². The molecule has 2 aliphatic carbocycles. The maximum Gasteiger partial charge on any atom is 0.167 e. The summed E-state index contributed by atoms with van der Waals surface area (Å²) < 4.78 is 0. The van der Waals surface area contributed by atoms with Crippen LogP contribution in [-0.4, -0.2) is 10.9 Å². The van der Waals surface area contributed by atoms with Gasteiger partial charge in [0, 0.05) is 16.4 Å². The van der Waals surface area contributed by atoms with Crippen molar-refractivity contribution in [2.45, 2.75) is 79.6 Å². The van der Waals surface area contributed by atoms with Crippen LogP contribution in [0.2, 0.25) is 0 Å². The van der Waals surface area contributed by atoms with Gasteiger partial charge in [-0.2, -0.15) is 0 Å². The van der Waals surface area contributed by atoms with Crippen molar-refractivity contribution < 1.29 is 9.90 Å². The van der Waals surface area contributed by atoms with Gasteiger partial charge in [0.05, 0.1) is 0 Å². The summed E-state index contributed by atoms with van der Waals surface area (Å²) in [4.78, 5) is 12.6. The van der Waals surface area contributed by atoms with E-state index in [4.69, 9.17) is 0 Å². The lowest BCUT2D eigenvalue weighted by Crippen LogP contribution is -2.37. The fourth-order valence-corrected chi connectivity index (χ4v) is 3.66. The van der Waals surface area contributed by atoms with Crippen LogP contribution in [0, 0.1) is 16.2 Å². The van der Waals surface area contributed by atoms with E-state index in [-0.39, 0.29) is 16.6 Å². The normalized spacial score (nSPS) is 28.2. The third-order valence-electron chi connectivity index (χ3n) is 5.98. The van der Waals surface area contributed by atoms with Crippen LogP contribution < -0.4 is 0 Å². The molecule has 0 spiro atoms. The van der Waals surface area contributed by atoms with Gasteiger partial charge in [0.1, 0.15) is 5.76 Å². The number of carbonyl (C=O) groups is 1. The second-order valence-electron chi connectivity index (χ2n) is 8.44. The number of rotatable bonds is 3. The van der Waals surface area contributed by atoms with Crippen molar-refractivity contribution in [1.82, 2.24) is 0 Å². The SMILES string of the molecule is C/C(C(=O)C1(C)CCC1)=C(/O)C1(C)CCC(C)(C)CC1. The molecule has 2 nitrogen and oxygen atoms in total. The molecule has 0 aliphatic heterocycles. The number of hydrogen-bond donors (Lipinski definition) is 1. The summed E-state index contributed by atoms with van der Waals surface area (Å²) in [7, 11) is 0. The van der Waals surface area contributed by atoms with Gasteiger partial charge in [0.25, 0.3) is 0 Å². The van der Waals surface area contributed by atoms with Crippen molar-refractivity contribution in [1.29, 1.82) is 0 Å². The smallest absolute Gasteiger partial charge is 0.167 e. The van der Waals surface area contributed by atoms with Crippen molar-refractivity contribution in [2.75, 3.05) is 0 Å². The molecule has 1 N–H and O–H groups in total. The molecule has 2 saturated carbocycles. The van der Waals surface area contributed by atoms with Gasteiger partial charge in [0.2, 0.25) is 0 Å². The summed E-state index contributed by atoms with van der Waals surface area (Å²) in [5.74, 6) is 0.540. The van der Waals surface area contributed by atoms with E-state index in [0.29, 0.717) is 16.7 Å². The molecule has 2 heteroatoms. The van der Waals surface area contributed by atoms with Gasteiger partial charge in [0.15, 0.2) is 5.78 Å². The number of hydrogen-bond acceptors (Lipinski definition) is 2. The number of aliphatic hydroxyl groups excluding tert-OH is 1. The standard InChI is InChI=1S/C18H30O2/c1-13(14(19)17(4)7-6-8-17)15(20)18(5)11-9-16(2,3)10-12-18/h20H,6-12H2,1-5H3/b15-13-. The summed E-state index contributed by atoms with van der Waals surface area (Å²) in [6, 6.07) is 0. The summed E-state index contributed by atoms with van der Waals surface area (Å²) in [6.45, 7) is 10.6. The first kappa shape index (κ1) is 15.6. The van der Waals surface area contributed by atoms with Gasteiger partial charge in [-0.3, -0.25) is 4.79 Å². The van der Waals surface area contributed by atoms with Crippen LogP contribution in [0.5, 0.6) is 0 Å². The van der Waals surface area contributed by atoms with E-state index in [9.17, 15) is 9.90 Å². The average Bonchev–Trinajstić information content (AvgIpc) is 2.37. The second kappa shape index (κ2) is 4.89. The molecule has 0 aromatic heterocycles. The molecule has 0 unspecified atom stereocenters. The molecule has 20 heavy (non-hydrogen) atoms. The lowest BCUT2D eigenvalue weighted by Gasteiger charge is -2.42. The fourth-order valence-electron chi connectivity index (χ4n) is 3.66. The second-order valence-corrected chi connectivity index (χ2v) is 8.44. The van der Waals surface area contributed by atoms with Crippen molar-refractivity contribution in [3.63, 3.8) is 0 Å². The van der Waals surface area contributed by atoms with Crippen LogP contribution in [-0.2, 0) is 4.79 Å². The zero-order chi connectivity index (χ0) is 15.2. The van der Waals surface area contributed by atoms with Crippen LogP contribution in [0.25, 0.3) is 0 Å². The predicted octanol–water partition coefficient (Wildman–Crippen LogP) is 5.18. The topological polar surface area (TPSA) is 37.3 Å². The highest BCUT2D eigenvalue weighted by molar-refractivity contribution is 6.00. The first-order valence-electron chi connectivity index (χ1n) is 8.05. The number of Topliss-reactive ketones (excluding diaryl/α,β-unsaturated/α-hetero) is 1. The molecule has 0 aromatic rings. The van der Waals surface area contributed by atoms with E-state index < -0.39 is 0 Å². The largest absolute Gasteiger partial charge is 0.511 e. The predicted molar refractivity (Wildman–Crippen MR) is 82.6 cm³/mol. The quantitative estimate of drug-likeness (QED) is 0.570. The van der Waals surface area contributed by atoms with E-state index in [1.165, 1.54) is 0 Å². The Morgan fingerprint density at radius 2 is 1.35 bits per heavy atom. The van der Waals surface area contributed by atoms with Crippen LogP contribution in [0.15, 0.2) is 11.3 Å². The molecule has 114 valence electrons. The van der Waals surface area contributed by atoms with Crippen molar-refractivity contribution in [3.8, 4) is 0 Å². The Hall–Kier alpha value is -0.790. The lowest BCUT2D eigenvalue weighted by atomic mass is 9.62. The summed E-state index contributed by atoms with van der Waals surface area (Å²) >= 11 is 0. The molecule has 0 heterocycles. The monoisotopic (exact) mass is 278 g/mol. The number of allylic oxidation sites excluding steroid dienone is 2. The molecule has 0 atom stereocenters. The highest BCUT2D eigenvalue weighted by atomic mass is 16.3. The van der Waals surface area contributed by atoms with Crippen molar-refractivity contribution in [2.24, 2.45) is 16.2 Å². The molecular formula is C18H30O2. The van der Waals surface area contributed by atoms with Crippen LogP contribution in [0.3, 0.4) is 0 Å². The van der Waals surface area contributed by atoms with Gasteiger partial charge in [-0.05, 0) is 50.9 Å². The summed E-state index contributed by atoms with van der Waals surface area (Å²) in [5.41, 5.74) is 0.587. The number of aliphatic hydroxyl groups is 1. The van der Waals surface area contributed by atoms with Gasteiger partial charge in [-0.1, -0.05) is 34.1 Å². The highest BCUT2D eigenvalue weighted by Gasteiger charge is 2.43. The third kappa shape index (κ3) is 2.66. The third-order valence-corrected chi connectivity index (χ3v) is 5.98. The van der Waals surface area contributed by atoms with Gasteiger partial charge in [-0.25, -0.2) is 0 Å². The van der Waals surface area contributed by atoms with E-state index in [2.05, 4.69) is 20.8 Å². The van der Waals surface area contributed by atoms with E-state index in [1.54, 1.807) is 0 Å². The number of ketones is 1. The molecular weight excluding hydrogens is 248 g/mol. The van der Waals surface area contributed by atoms with Crippen LogP contribution in [0.1, 0.15) is 79.6 Å². The highest BCUT2D eigenvalue weighted by Crippen LogP contribution is 2.50. The minimum atomic E-state index is -0.206. The molecule has 2 rings (SSSR count). The Labute approximate surface area is 123 Å². The molecule has 2 aliphatic rings. The molecule has 0 amide bonds. The minimum Gasteiger partial charge on any atom is -0.511 e. The molecule has 0 saturated heterocycles. The Kier molecular flexibility index (Phi) is 3.81. The van der Waals surface area contributed by atoms with Crippen LogP contribution in [0.4, 0.5) is 0 Å². The van der Waals surface area contributed by atoms with Crippen LogP contribution >= 0.6 is 0 Å². The molecule has 0 bridgehead atoms. The van der Waals surface area contributed by atoms with Crippen molar-refractivity contribution in [3.05, 3.63) is 11.3 Å². The van der Waals surface area contributed by atoms with Gasteiger partial charge >= 0.3 is 0 Å². The Morgan fingerprint density at radius 3 is 1.75 bits per heavy atom. The summed E-state index contributed by atoms with van der Waals surface area (Å²) in [6.07, 6.45) is 7.28. The average molecular weight is 278 g/mol. The Balaban J connectivity index is 2.18. The van der Waals surface area contributed by atoms with Gasteiger partial charge < -0.3 is 5.11 Å². The minimum absolute atomic E-state index is 0.173. The first-order valence-corrected chi connectivity index (χ1v) is 8.05. The molecule has 0 aromatic carbocycles. The van der Waals surface area contributed by atoms with E-state index in [0.717, 1.165) is 44.9 Å². The summed E-state index contributed by atoms with van der Waals surface area (Å²) in [5, 5.41) is 10.7. The van der Waals surface area contributed by atoms with E-state index in [1.807, 2.05) is 13.8 Å². The lowest BCUT2D eigenvalue weighted by molar-refractivity contribution is -0.128. The van der Waals surface area contributed by atoms with Gasteiger partial charge in [-0.15, -0.1) is 0 Å². The number of carbonyl (C=O) groups excluding carboxylic acids is 1. The zero-order valence-corrected chi connectivity index (χ0v) is 13.8. The Morgan fingerprint density at radius 1 is 0.850 bits per heavy atom. The fraction of sp³-hybridized carbons (Fsp3) is 0.833. The van der Waals surface area contributed by atoms with E-state index >= 15 is 0 Å². The maximum absolute atomic E-state index is 12.6. The Bertz CT molecular complexity index is 428. The molecule has 2 fully saturated rings. The first-order chi connectivity index (χ1) is 9.10. The molecule has 0 radical (unpaired) electrons.